The Morgan fingerprint density at radius 3 is 2.50 bits per heavy atom. The monoisotopic (exact) mass is 248 g/mol. The predicted octanol–water partition coefficient (Wildman–Crippen LogP) is 2.22. The van der Waals surface area contributed by atoms with E-state index in [-0.39, 0.29) is 11.6 Å². The van der Waals surface area contributed by atoms with Crippen LogP contribution in [0.1, 0.15) is 26.3 Å². The Hall–Kier alpha value is -1.06. The first kappa shape index (κ1) is 13.4. The van der Waals surface area contributed by atoms with E-state index < -0.39 is 0 Å². The molecule has 3 nitrogen and oxygen atoms in total. The van der Waals surface area contributed by atoms with Crippen LogP contribution in [-0.2, 0) is 5.54 Å². The lowest BCUT2D eigenvalue weighted by Crippen LogP contribution is -2.55. The summed E-state index contributed by atoms with van der Waals surface area (Å²) >= 11 is 0. The van der Waals surface area contributed by atoms with E-state index in [0.717, 1.165) is 25.4 Å². The topological polar surface area (TPSA) is 24.5 Å². The molecule has 1 aromatic rings. The standard InChI is InChI=1S/C15H24N2O/c1-12(2)18-14-7-5-13(6-8-14)15(3)11-16-9-10-17(15)4/h5-8,12,16H,9-11H2,1-4H3. The molecular weight excluding hydrogens is 224 g/mol. The highest BCUT2D eigenvalue weighted by Gasteiger charge is 2.33. The fourth-order valence-electron chi connectivity index (χ4n) is 2.45. The summed E-state index contributed by atoms with van der Waals surface area (Å²) < 4.78 is 5.69. The average molecular weight is 248 g/mol. The van der Waals surface area contributed by atoms with Crippen molar-refractivity contribution in [3.05, 3.63) is 29.8 Å². The van der Waals surface area contributed by atoms with Crippen LogP contribution < -0.4 is 10.1 Å². The smallest absolute Gasteiger partial charge is 0.119 e. The summed E-state index contributed by atoms with van der Waals surface area (Å²) in [4.78, 5) is 2.42. The molecule has 0 aliphatic carbocycles. The van der Waals surface area contributed by atoms with Gasteiger partial charge < -0.3 is 10.1 Å². The van der Waals surface area contributed by atoms with Gasteiger partial charge in [0.2, 0.25) is 0 Å². The van der Waals surface area contributed by atoms with Gasteiger partial charge >= 0.3 is 0 Å². The Balaban J connectivity index is 2.17. The van der Waals surface area contributed by atoms with Gasteiger partial charge in [0.25, 0.3) is 0 Å². The summed E-state index contributed by atoms with van der Waals surface area (Å²) in [5.41, 5.74) is 1.42. The van der Waals surface area contributed by atoms with Crippen molar-refractivity contribution in [2.24, 2.45) is 0 Å². The molecule has 1 atom stereocenters. The number of hydrogen-bond acceptors (Lipinski definition) is 3. The maximum atomic E-state index is 5.69. The third-order valence-electron chi connectivity index (χ3n) is 3.78. The van der Waals surface area contributed by atoms with Gasteiger partial charge in [-0.05, 0) is 45.5 Å². The van der Waals surface area contributed by atoms with Gasteiger partial charge in [-0.2, -0.15) is 0 Å². The van der Waals surface area contributed by atoms with Crippen LogP contribution >= 0.6 is 0 Å². The Kier molecular flexibility index (Phi) is 3.93. The Bertz CT molecular complexity index is 388. The van der Waals surface area contributed by atoms with Crippen LogP contribution in [0.2, 0.25) is 0 Å². The first-order chi connectivity index (χ1) is 8.52. The number of piperazine rings is 1. The molecule has 3 heteroatoms. The number of ether oxygens (including phenoxy) is 1. The second-order valence-electron chi connectivity index (χ2n) is 5.56. The summed E-state index contributed by atoms with van der Waals surface area (Å²) in [6, 6.07) is 8.51. The third-order valence-corrected chi connectivity index (χ3v) is 3.78. The van der Waals surface area contributed by atoms with Crippen molar-refractivity contribution in [2.75, 3.05) is 26.7 Å². The van der Waals surface area contributed by atoms with Crippen LogP contribution in [0.15, 0.2) is 24.3 Å². The van der Waals surface area contributed by atoms with Crippen LogP contribution in [0.5, 0.6) is 5.75 Å². The summed E-state index contributed by atoms with van der Waals surface area (Å²) in [7, 11) is 2.19. The molecule has 0 bridgehead atoms. The van der Waals surface area contributed by atoms with Crippen molar-refractivity contribution in [3.63, 3.8) is 0 Å². The molecular formula is C15H24N2O. The van der Waals surface area contributed by atoms with Crippen molar-refractivity contribution in [1.29, 1.82) is 0 Å². The van der Waals surface area contributed by atoms with Crippen LogP contribution in [-0.4, -0.2) is 37.7 Å². The molecule has 1 aliphatic heterocycles. The quantitative estimate of drug-likeness (QED) is 0.887. The van der Waals surface area contributed by atoms with E-state index in [1.165, 1.54) is 5.56 Å². The number of likely N-dealkylation sites (N-methyl/N-ethyl adjacent to an activating group) is 1. The van der Waals surface area contributed by atoms with Crippen molar-refractivity contribution in [1.82, 2.24) is 10.2 Å². The first-order valence-electron chi connectivity index (χ1n) is 6.71. The molecule has 0 saturated carbocycles. The van der Waals surface area contributed by atoms with Crippen molar-refractivity contribution < 1.29 is 4.74 Å². The number of benzene rings is 1. The largest absolute Gasteiger partial charge is 0.491 e. The lowest BCUT2D eigenvalue weighted by molar-refractivity contribution is 0.104. The van der Waals surface area contributed by atoms with Gasteiger partial charge in [-0.3, -0.25) is 4.90 Å². The summed E-state index contributed by atoms with van der Waals surface area (Å²) in [5, 5.41) is 3.48. The van der Waals surface area contributed by atoms with Gasteiger partial charge in [-0.25, -0.2) is 0 Å². The third kappa shape index (κ3) is 2.68. The van der Waals surface area contributed by atoms with Crippen molar-refractivity contribution >= 4 is 0 Å². The predicted molar refractivity (Wildman–Crippen MR) is 75.1 cm³/mol. The van der Waals surface area contributed by atoms with Gasteiger partial charge in [0.05, 0.1) is 11.6 Å². The number of nitrogens with zero attached hydrogens (tertiary/aromatic N) is 1. The molecule has 0 radical (unpaired) electrons. The molecule has 1 heterocycles. The zero-order valence-corrected chi connectivity index (χ0v) is 11.9. The van der Waals surface area contributed by atoms with Crippen LogP contribution in [0.3, 0.4) is 0 Å². The van der Waals surface area contributed by atoms with Gasteiger partial charge in [-0.1, -0.05) is 12.1 Å². The second kappa shape index (κ2) is 5.29. The minimum atomic E-state index is 0.0780. The Labute approximate surface area is 110 Å². The lowest BCUT2D eigenvalue weighted by Gasteiger charge is -2.43. The highest BCUT2D eigenvalue weighted by atomic mass is 16.5. The zero-order chi connectivity index (χ0) is 13.2. The molecule has 1 fully saturated rings. The van der Waals surface area contributed by atoms with E-state index in [9.17, 15) is 0 Å². The molecule has 1 saturated heterocycles. The molecule has 1 N–H and O–H groups in total. The van der Waals surface area contributed by atoms with E-state index in [4.69, 9.17) is 4.74 Å². The normalized spacial score (nSPS) is 25.4. The molecule has 100 valence electrons. The first-order valence-corrected chi connectivity index (χ1v) is 6.71. The van der Waals surface area contributed by atoms with E-state index in [2.05, 4.69) is 48.5 Å². The highest BCUT2D eigenvalue weighted by molar-refractivity contribution is 5.32. The molecule has 18 heavy (non-hydrogen) atoms. The Morgan fingerprint density at radius 2 is 1.94 bits per heavy atom. The minimum absolute atomic E-state index is 0.0780. The minimum Gasteiger partial charge on any atom is -0.491 e. The van der Waals surface area contributed by atoms with Crippen molar-refractivity contribution in [2.45, 2.75) is 32.4 Å². The second-order valence-corrected chi connectivity index (χ2v) is 5.56. The maximum absolute atomic E-state index is 5.69. The fourth-order valence-corrected chi connectivity index (χ4v) is 2.45. The van der Waals surface area contributed by atoms with Gasteiger partial charge in [0.1, 0.15) is 5.75 Å². The molecule has 1 aliphatic rings. The summed E-state index contributed by atoms with van der Waals surface area (Å²) in [6.45, 7) is 9.54. The summed E-state index contributed by atoms with van der Waals surface area (Å²) in [6.07, 6.45) is 0.227. The fraction of sp³-hybridized carbons (Fsp3) is 0.600. The number of rotatable bonds is 3. The SMILES string of the molecule is CC(C)Oc1ccc(C2(C)CNCCN2C)cc1. The zero-order valence-electron chi connectivity index (χ0n) is 11.9. The van der Waals surface area contributed by atoms with Gasteiger partial charge in [0, 0.05) is 19.6 Å². The summed E-state index contributed by atoms with van der Waals surface area (Å²) in [5.74, 6) is 0.948. The average Bonchev–Trinajstić information content (AvgIpc) is 2.33. The maximum Gasteiger partial charge on any atom is 0.119 e. The molecule has 1 aromatic carbocycles. The lowest BCUT2D eigenvalue weighted by atomic mass is 9.89. The molecule has 0 spiro atoms. The number of hydrogen-bond donors (Lipinski definition) is 1. The Morgan fingerprint density at radius 1 is 1.28 bits per heavy atom. The van der Waals surface area contributed by atoms with Gasteiger partial charge in [-0.15, -0.1) is 0 Å². The van der Waals surface area contributed by atoms with Crippen LogP contribution in [0, 0.1) is 0 Å². The molecule has 0 amide bonds. The van der Waals surface area contributed by atoms with Crippen molar-refractivity contribution in [3.8, 4) is 5.75 Å². The number of nitrogens with one attached hydrogen (secondary N) is 1. The molecule has 2 rings (SSSR count). The van der Waals surface area contributed by atoms with Crippen LogP contribution in [0.25, 0.3) is 0 Å². The van der Waals surface area contributed by atoms with Gasteiger partial charge in [0.15, 0.2) is 0 Å². The molecule has 1 unspecified atom stereocenters. The van der Waals surface area contributed by atoms with Crippen LogP contribution in [0.4, 0.5) is 0 Å². The molecule has 0 aromatic heterocycles. The van der Waals surface area contributed by atoms with E-state index in [1.807, 2.05) is 13.8 Å². The van der Waals surface area contributed by atoms with E-state index >= 15 is 0 Å². The van der Waals surface area contributed by atoms with E-state index in [1.54, 1.807) is 0 Å². The van der Waals surface area contributed by atoms with E-state index in [0.29, 0.717) is 0 Å². The highest BCUT2D eigenvalue weighted by Crippen LogP contribution is 2.29.